The number of hydrogen-bond donors (Lipinski definition) is 1. The normalized spacial score (nSPS) is 16.7. The van der Waals surface area contributed by atoms with E-state index in [0.29, 0.717) is 19.6 Å². The third-order valence-electron chi connectivity index (χ3n) is 6.16. The highest BCUT2D eigenvalue weighted by molar-refractivity contribution is 5.93. The smallest absolute Gasteiger partial charge is 0.224 e. The Labute approximate surface area is 192 Å². The number of amides is 1. The zero-order chi connectivity index (χ0) is 22.9. The molecule has 172 valence electrons. The van der Waals surface area contributed by atoms with Crippen molar-refractivity contribution in [1.82, 2.24) is 0 Å². The quantitative estimate of drug-likeness (QED) is 0.681. The fourth-order valence-electron chi connectivity index (χ4n) is 4.49. The highest BCUT2D eigenvalue weighted by Crippen LogP contribution is 2.32. The maximum atomic E-state index is 12.5. The molecule has 0 spiro atoms. The molecule has 1 fully saturated rings. The van der Waals surface area contributed by atoms with E-state index in [0.717, 1.165) is 48.5 Å². The number of benzene rings is 2. The first-order valence-corrected chi connectivity index (χ1v) is 11.7. The zero-order valence-corrected chi connectivity index (χ0v) is 20.1. The van der Waals surface area contributed by atoms with Crippen LogP contribution in [0.15, 0.2) is 30.3 Å². The number of nitrogens with zero attached hydrogens (tertiary/aromatic N) is 1. The molecule has 0 aromatic heterocycles. The minimum atomic E-state index is -0.0260. The maximum absolute atomic E-state index is 12.5. The Hall–Kier alpha value is -2.53. The van der Waals surface area contributed by atoms with Crippen molar-refractivity contribution in [2.75, 3.05) is 30.0 Å². The molecule has 0 bridgehead atoms. The van der Waals surface area contributed by atoms with E-state index in [1.54, 1.807) is 0 Å². The molecule has 2 aromatic carbocycles. The van der Waals surface area contributed by atoms with Gasteiger partial charge in [-0.15, -0.1) is 0 Å². The number of carbonyl (C=O) groups excluding carboxylic acids is 1. The molecule has 2 aliphatic heterocycles. The van der Waals surface area contributed by atoms with Crippen molar-refractivity contribution in [3.05, 3.63) is 52.6 Å². The molecule has 1 N–H and O–H groups in total. The average Bonchev–Trinajstić information content (AvgIpc) is 2.88. The van der Waals surface area contributed by atoms with Crippen LogP contribution in [0.1, 0.15) is 55.9 Å². The molecule has 0 aliphatic carbocycles. The lowest BCUT2D eigenvalue weighted by atomic mass is 9.92. The van der Waals surface area contributed by atoms with Gasteiger partial charge in [0, 0.05) is 30.9 Å². The molecule has 5 heteroatoms. The van der Waals surface area contributed by atoms with Crippen molar-refractivity contribution in [2.45, 2.75) is 66.5 Å². The van der Waals surface area contributed by atoms with Gasteiger partial charge in [-0.2, -0.15) is 0 Å². The predicted molar refractivity (Wildman–Crippen MR) is 130 cm³/mol. The molecule has 0 atom stereocenters. The number of carbonyl (C=O) groups is 1. The van der Waals surface area contributed by atoms with Gasteiger partial charge in [-0.3, -0.25) is 4.79 Å². The van der Waals surface area contributed by atoms with Crippen LogP contribution < -0.4 is 15.0 Å². The van der Waals surface area contributed by atoms with Crippen molar-refractivity contribution in [1.29, 1.82) is 0 Å². The minimum Gasteiger partial charge on any atom is -0.486 e. The SMILES string of the molecule is Cc1cc(N2CCCc3cc(OC4COC4)ccc3C2)cc(C)c1NC(=O)CC(C)(C)C. The van der Waals surface area contributed by atoms with Gasteiger partial charge in [-0.25, -0.2) is 0 Å². The lowest BCUT2D eigenvalue weighted by Gasteiger charge is -2.27. The molecule has 5 nitrogen and oxygen atoms in total. The summed E-state index contributed by atoms with van der Waals surface area (Å²) in [7, 11) is 0. The van der Waals surface area contributed by atoms with Gasteiger partial charge in [0.1, 0.15) is 11.9 Å². The van der Waals surface area contributed by atoms with Crippen molar-refractivity contribution in [3.8, 4) is 5.75 Å². The predicted octanol–water partition coefficient (Wildman–Crippen LogP) is 5.41. The van der Waals surface area contributed by atoms with E-state index < -0.39 is 0 Å². The Morgan fingerprint density at radius 3 is 2.47 bits per heavy atom. The molecule has 0 radical (unpaired) electrons. The van der Waals surface area contributed by atoms with Gasteiger partial charge < -0.3 is 19.7 Å². The number of rotatable bonds is 5. The Balaban J connectivity index is 1.49. The fourth-order valence-corrected chi connectivity index (χ4v) is 4.49. The summed E-state index contributed by atoms with van der Waals surface area (Å²) < 4.78 is 11.2. The summed E-state index contributed by atoms with van der Waals surface area (Å²) in [6.07, 6.45) is 2.87. The summed E-state index contributed by atoms with van der Waals surface area (Å²) in [4.78, 5) is 14.9. The van der Waals surface area contributed by atoms with E-state index in [1.807, 2.05) is 0 Å². The average molecular weight is 437 g/mol. The molecule has 2 heterocycles. The van der Waals surface area contributed by atoms with E-state index in [2.05, 4.69) is 75.2 Å². The fraction of sp³-hybridized carbons (Fsp3) is 0.519. The summed E-state index contributed by atoms with van der Waals surface area (Å²) in [5.41, 5.74) is 7.09. The Morgan fingerprint density at radius 2 is 1.84 bits per heavy atom. The summed E-state index contributed by atoms with van der Waals surface area (Å²) in [5, 5.41) is 3.14. The number of ether oxygens (including phenoxy) is 2. The van der Waals surface area contributed by atoms with Crippen molar-refractivity contribution in [3.63, 3.8) is 0 Å². The number of fused-ring (bicyclic) bond motifs is 1. The van der Waals surface area contributed by atoms with Crippen LogP contribution in [0.2, 0.25) is 0 Å². The molecule has 2 aromatic rings. The topological polar surface area (TPSA) is 50.8 Å². The summed E-state index contributed by atoms with van der Waals surface area (Å²) in [6, 6.07) is 10.9. The maximum Gasteiger partial charge on any atom is 0.224 e. The molecule has 0 unspecified atom stereocenters. The first kappa shape index (κ1) is 22.7. The number of aryl methyl sites for hydroxylation is 3. The Kier molecular flexibility index (Phi) is 6.47. The van der Waals surface area contributed by atoms with E-state index in [4.69, 9.17) is 9.47 Å². The van der Waals surface area contributed by atoms with Gasteiger partial charge in [0.25, 0.3) is 0 Å². The largest absolute Gasteiger partial charge is 0.486 e. The molecular formula is C27H36N2O3. The van der Waals surface area contributed by atoms with Crippen LogP contribution in [-0.4, -0.2) is 31.8 Å². The van der Waals surface area contributed by atoms with Crippen LogP contribution in [0.4, 0.5) is 11.4 Å². The molecule has 2 aliphatic rings. The Morgan fingerprint density at radius 1 is 1.12 bits per heavy atom. The number of hydrogen-bond acceptors (Lipinski definition) is 4. The van der Waals surface area contributed by atoms with Gasteiger partial charge in [0.05, 0.1) is 13.2 Å². The van der Waals surface area contributed by atoms with Crippen LogP contribution in [0.3, 0.4) is 0 Å². The van der Waals surface area contributed by atoms with E-state index in [-0.39, 0.29) is 17.4 Å². The third kappa shape index (κ3) is 5.44. The molecular weight excluding hydrogens is 400 g/mol. The summed E-state index contributed by atoms with van der Waals surface area (Å²) in [5.74, 6) is 1.03. The molecule has 0 saturated carbocycles. The van der Waals surface area contributed by atoms with Gasteiger partial charge in [0.2, 0.25) is 5.91 Å². The Bertz CT molecular complexity index is 966. The van der Waals surface area contributed by atoms with Crippen LogP contribution in [0, 0.1) is 19.3 Å². The second-order valence-corrected chi connectivity index (χ2v) is 10.5. The van der Waals surface area contributed by atoms with Crippen LogP contribution in [-0.2, 0) is 22.5 Å². The minimum absolute atomic E-state index is 0.0260. The van der Waals surface area contributed by atoms with Crippen LogP contribution in [0.25, 0.3) is 0 Å². The van der Waals surface area contributed by atoms with E-state index in [9.17, 15) is 4.79 Å². The zero-order valence-electron chi connectivity index (χ0n) is 20.1. The molecule has 1 saturated heterocycles. The highest BCUT2D eigenvalue weighted by Gasteiger charge is 2.22. The van der Waals surface area contributed by atoms with Crippen molar-refractivity contribution >= 4 is 17.3 Å². The van der Waals surface area contributed by atoms with E-state index in [1.165, 1.54) is 16.8 Å². The van der Waals surface area contributed by atoms with Crippen molar-refractivity contribution < 1.29 is 14.3 Å². The molecule has 32 heavy (non-hydrogen) atoms. The molecule has 1 amide bonds. The number of anilines is 2. The first-order valence-electron chi connectivity index (χ1n) is 11.7. The van der Waals surface area contributed by atoms with Gasteiger partial charge in [-0.1, -0.05) is 26.8 Å². The lowest BCUT2D eigenvalue weighted by Crippen LogP contribution is -2.38. The summed E-state index contributed by atoms with van der Waals surface area (Å²) in [6.45, 7) is 13.7. The lowest BCUT2D eigenvalue weighted by molar-refractivity contribution is -0.117. The van der Waals surface area contributed by atoms with Crippen LogP contribution >= 0.6 is 0 Å². The number of nitrogens with one attached hydrogen (secondary N) is 1. The second kappa shape index (κ2) is 9.14. The van der Waals surface area contributed by atoms with Gasteiger partial charge in [0.15, 0.2) is 0 Å². The first-order chi connectivity index (χ1) is 15.2. The monoisotopic (exact) mass is 436 g/mol. The third-order valence-corrected chi connectivity index (χ3v) is 6.16. The van der Waals surface area contributed by atoms with Crippen LogP contribution in [0.5, 0.6) is 5.75 Å². The highest BCUT2D eigenvalue weighted by atomic mass is 16.6. The van der Waals surface area contributed by atoms with Gasteiger partial charge >= 0.3 is 0 Å². The summed E-state index contributed by atoms with van der Waals surface area (Å²) >= 11 is 0. The van der Waals surface area contributed by atoms with Crippen molar-refractivity contribution in [2.24, 2.45) is 5.41 Å². The molecule has 4 rings (SSSR count). The standard InChI is InChI=1S/C27H36N2O3/c1-18-11-22(12-19(2)26(18)28-25(30)14-27(3,4)5)29-10-6-7-20-13-23(9-8-21(20)15-29)32-24-16-31-17-24/h8-9,11-13,24H,6-7,10,14-17H2,1-5H3,(H,28,30). The van der Waals surface area contributed by atoms with Gasteiger partial charge in [-0.05, 0) is 78.6 Å². The van der Waals surface area contributed by atoms with E-state index >= 15 is 0 Å². The second-order valence-electron chi connectivity index (χ2n) is 10.5.